The minimum Gasteiger partial charge on any atom is -0.482 e. The second-order valence-corrected chi connectivity index (χ2v) is 6.98. The average molecular weight is 346 g/mol. The van der Waals surface area contributed by atoms with Crippen LogP contribution >= 0.6 is 0 Å². The molecule has 0 saturated carbocycles. The van der Waals surface area contributed by atoms with Gasteiger partial charge in [0.25, 0.3) is 21.8 Å². The smallest absolute Gasteiger partial charge is 0.265 e. The zero-order valence-electron chi connectivity index (χ0n) is 12.7. The Morgan fingerprint density at radius 3 is 2.75 bits per heavy atom. The van der Waals surface area contributed by atoms with Crippen LogP contribution in [0.25, 0.3) is 0 Å². The molecule has 1 aliphatic rings. The van der Waals surface area contributed by atoms with Crippen LogP contribution in [0.15, 0.2) is 47.4 Å². The molecule has 2 aromatic rings. The maximum atomic E-state index is 12.3. The fourth-order valence-corrected chi connectivity index (χ4v) is 3.33. The Morgan fingerprint density at radius 1 is 1.21 bits per heavy atom. The van der Waals surface area contributed by atoms with Crippen molar-refractivity contribution in [3.8, 4) is 5.75 Å². The lowest BCUT2D eigenvalue weighted by Gasteiger charge is -2.18. The third kappa shape index (κ3) is 3.23. The molecule has 0 radical (unpaired) electrons. The molecule has 0 spiro atoms. The highest BCUT2D eigenvalue weighted by atomic mass is 32.2. The Labute approximate surface area is 138 Å². The minimum atomic E-state index is -3.98. The first-order valence-electron chi connectivity index (χ1n) is 7.06. The highest BCUT2D eigenvalue weighted by molar-refractivity contribution is 7.90. The zero-order chi connectivity index (χ0) is 17.3. The molecule has 0 unspecified atom stereocenters. The number of hydrogen-bond donors (Lipinski definition) is 2. The number of amides is 2. The molecule has 1 aliphatic heterocycles. The van der Waals surface area contributed by atoms with Crippen molar-refractivity contribution in [3.63, 3.8) is 0 Å². The summed E-state index contributed by atoms with van der Waals surface area (Å²) in [6.45, 7) is 1.66. The largest absolute Gasteiger partial charge is 0.482 e. The molecule has 0 aliphatic carbocycles. The van der Waals surface area contributed by atoms with Crippen LogP contribution in [-0.4, -0.2) is 26.8 Å². The Bertz CT molecular complexity index is 937. The summed E-state index contributed by atoms with van der Waals surface area (Å²) in [5.74, 6) is -0.709. The minimum absolute atomic E-state index is 0.00504. The summed E-state index contributed by atoms with van der Waals surface area (Å²) >= 11 is 0. The summed E-state index contributed by atoms with van der Waals surface area (Å²) in [4.78, 5) is 23.6. The third-order valence-corrected chi connectivity index (χ3v) is 4.73. The molecule has 2 aromatic carbocycles. The lowest BCUT2D eigenvalue weighted by molar-refractivity contribution is -0.118. The number of carbonyl (C=O) groups is 2. The molecule has 0 fully saturated rings. The van der Waals surface area contributed by atoms with Crippen molar-refractivity contribution in [2.75, 3.05) is 11.9 Å². The van der Waals surface area contributed by atoms with Crippen LogP contribution in [0.5, 0.6) is 5.75 Å². The van der Waals surface area contributed by atoms with Gasteiger partial charge in [0.15, 0.2) is 6.61 Å². The first-order valence-corrected chi connectivity index (χ1v) is 8.54. The molecule has 7 nitrogen and oxygen atoms in total. The van der Waals surface area contributed by atoms with Crippen molar-refractivity contribution in [3.05, 3.63) is 53.6 Å². The lowest BCUT2D eigenvalue weighted by Crippen LogP contribution is -2.31. The fourth-order valence-electron chi connectivity index (χ4n) is 2.25. The molecule has 1 heterocycles. The number of rotatable bonds is 3. The van der Waals surface area contributed by atoms with E-state index in [1.165, 1.54) is 30.3 Å². The first kappa shape index (κ1) is 16.0. The van der Waals surface area contributed by atoms with Gasteiger partial charge in [-0.15, -0.1) is 0 Å². The van der Waals surface area contributed by atoms with E-state index in [2.05, 4.69) is 5.32 Å². The number of nitrogens with one attached hydrogen (secondary N) is 2. The highest BCUT2D eigenvalue weighted by Gasteiger charge is 2.21. The first-order chi connectivity index (χ1) is 11.3. The van der Waals surface area contributed by atoms with E-state index in [4.69, 9.17) is 4.74 Å². The Balaban J connectivity index is 1.85. The number of ether oxygens (including phenoxy) is 1. The van der Waals surface area contributed by atoms with Crippen molar-refractivity contribution >= 4 is 27.5 Å². The molecule has 0 aromatic heterocycles. The standard InChI is InChI=1S/C16H14N2O5S/c1-10-3-2-4-12(7-10)24(21,22)18-16(20)11-5-6-14-13(8-11)17-15(19)9-23-14/h2-8H,9H2,1H3,(H,17,19)(H,18,20). The summed E-state index contributed by atoms with van der Waals surface area (Å²) in [7, 11) is -3.98. The van der Waals surface area contributed by atoms with Gasteiger partial charge in [0.05, 0.1) is 10.6 Å². The van der Waals surface area contributed by atoms with Crippen molar-refractivity contribution in [2.45, 2.75) is 11.8 Å². The van der Waals surface area contributed by atoms with Gasteiger partial charge in [0.1, 0.15) is 5.75 Å². The van der Waals surface area contributed by atoms with E-state index in [1.807, 2.05) is 4.72 Å². The van der Waals surface area contributed by atoms with E-state index in [9.17, 15) is 18.0 Å². The van der Waals surface area contributed by atoms with Gasteiger partial charge in [0.2, 0.25) is 0 Å². The molecule has 3 rings (SSSR count). The number of aryl methyl sites for hydroxylation is 1. The molecule has 24 heavy (non-hydrogen) atoms. The normalized spacial score (nSPS) is 13.5. The highest BCUT2D eigenvalue weighted by Crippen LogP contribution is 2.28. The van der Waals surface area contributed by atoms with Crippen LogP contribution < -0.4 is 14.8 Å². The Kier molecular flexibility index (Phi) is 3.98. The third-order valence-electron chi connectivity index (χ3n) is 3.40. The van der Waals surface area contributed by atoms with Crippen LogP contribution in [0, 0.1) is 6.92 Å². The molecular weight excluding hydrogens is 332 g/mol. The molecule has 0 saturated heterocycles. The van der Waals surface area contributed by atoms with Crippen LogP contribution in [0.3, 0.4) is 0 Å². The van der Waals surface area contributed by atoms with Crippen LogP contribution in [0.1, 0.15) is 15.9 Å². The zero-order valence-corrected chi connectivity index (χ0v) is 13.5. The van der Waals surface area contributed by atoms with Gasteiger partial charge in [-0.3, -0.25) is 9.59 Å². The molecule has 0 bridgehead atoms. The lowest BCUT2D eigenvalue weighted by atomic mass is 10.1. The van der Waals surface area contributed by atoms with Crippen LogP contribution in [-0.2, 0) is 14.8 Å². The van der Waals surface area contributed by atoms with Gasteiger partial charge in [-0.25, -0.2) is 13.1 Å². The second-order valence-electron chi connectivity index (χ2n) is 5.30. The predicted octanol–water partition coefficient (Wildman–Crippen LogP) is 1.44. The van der Waals surface area contributed by atoms with Crippen molar-refractivity contribution in [1.29, 1.82) is 0 Å². The van der Waals surface area contributed by atoms with Crippen LogP contribution in [0.2, 0.25) is 0 Å². The summed E-state index contributed by atoms with van der Waals surface area (Å²) in [5.41, 5.74) is 1.18. The SMILES string of the molecule is Cc1cccc(S(=O)(=O)NC(=O)c2ccc3c(c2)NC(=O)CO3)c1. The van der Waals surface area contributed by atoms with E-state index in [0.29, 0.717) is 11.4 Å². The molecule has 124 valence electrons. The van der Waals surface area contributed by atoms with E-state index in [-0.39, 0.29) is 23.0 Å². The van der Waals surface area contributed by atoms with Crippen molar-refractivity contribution in [1.82, 2.24) is 4.72 Å². The molecule has 2 amide bonds. The van der Waals surface area contributed by atoms with E-state index >= 15 is 0 Å². The Hall–Kier alpha value is -2.87. The monoisotopic (exact) mass is 346 g/mol. The van der Waals surface area contributed by atoms with Gasteiger partial charge in [-0.1, -0.05) is 12.1 Å². The number of carbonyl (C=O) groups excluding carboxylic acids is 2. The van der Waals surface area contributed by atoms with E-state index in [1.54, 1.807) is 19.1 Å². The Morgan fingerprint density at radius 2 is 2.00 bits per heavy atom. The van der Waals surface area contributed by atoms with E-state index in [0.717, 1.165) is 5.56 Å². The van der Waals surface area contributed by atoms with E-state index < -0.39 is 15.9 Å². The second kappa shape index (κ2) is 5.97. The predicted molar refractivity (Wildman–Crippen MR) is 86.4 cm³/mol. The quantitative estimate of drug-likeness (QED) is 0.876. The number of benzene rings is 2. The number of hydrogen-bond acceptors (Lipinski definition) is 5. The maximum absolute atomic E-state index is 12.3. The summed E-state index contributed by atoms with van der Waals surface area (Å²) < 4.78 is 31.8. The van der Waals surface area contributed by atoms with Gasteiger partial charge in [0, 0.05) is 5.56 Å². The van der Waals surface area contributed by atoms with Crippen molar-refractivity contribution < 1.29 is 22.7 Å². The summed E-state index contributed by atoms with van der Waals surface area (Å²) in [5, 5.41) is 2.56. The fraction of sp³-hybridized carbons (Fsp3) is 0.125. The topological polar surface area (TPSA) is 102 Å². The molecule has 0 atom stereocenters. The number of anilines is 1. The van der Waals surface area contributed by atoms with Gasteiger partial charge < -0.3 is 10.1 Å². The summed E-state index contributed by atoms with van der Waals surface area (Å²) in [6, 6.07) is 10.5. The molecule has 8 heteroatoms. The van der Waals surface area contributed by atoms with Gasteiger partial charge in [-0.05, 0) is 42.8 Å². The summed E-state index contributed by atoms with van der Waals surface area (Å²) in [6.07, 6.45) is 0. The number of sulfonamides is 1. The molecular formula is C16H14N2O5S. The number of fused-ring (bicyclic) bond motifs is 1. The van der Waals surface area contributed by atoms with Gasteiger partial charge in [-0.2, -0.15) is 0 Å². The average Bonchev–Trinajstić information content (AvgIpc) is 2.53. The van der Waals surface area contributed by atoms with Crippen molar-refractivity contribution in [2.24, 2.45) is 0 Å². The maximum Gasteiger partial charge on any atom is 0.265 e. The van der Waals surface area contributed by atoms with Crippen LogP contribution in [0.4, 0.5) is 5.69 Å². The molecule has 2 N–H and O–H groups in total. The van der Waals surface area contributed by atoms with Gasteiger partial charge >= 0.3 is 0 Å².